The maximum atomic E-state index is 4.36. The normalized spacial score (nSPS) is 17.9. The van der Waals surface area contributed by atoms with Crippen LogP contribution >= 0.6 is 0 Å². The van der Waals surface area contributed by atoms with Crippen LogP contribution in [0.2, 0.25) is 0 Å². The predicted molar refractivity (Wildman–Crippen MR) is 58.8 cm³/mol. The van der Waals surface area contributed by atoms with Crippen molar-refractivity contribution in [2.24, 2.45) is 5.92 Å². The van der Waals surface area contributed by atoms with E-state index in [0.29, 0.717) is 6.04 Å². The molecule has 2 aromatic rings. The maximum Gasteiger partial charge on any atom is 0.152 e. The molecule has 15 heavy (non-hydrogen) atoms. The molecule has 0 bridgehead atoms. The minimum Gasteiger partial charge on any atom is -0.366 e. The highest BCUT2D eigenvalue weighted by atomic mass is 15.2. The molecule has 2 aromatic heterocycles. The summed E-state index contributed by atoms with van der Waals surface area (Å²) in [5.41, 5.74) is 1.05. The van der Waals surface area contributed by atoms with Gasteiger partial charge in [0.05, 0.1) is 6.20 Å². The van der Waals surface area contributed by atoms with Crippen molar-refractivity contribution in [2.75, 3.05) is 5.32 Å². The second kappa shape index (κ2) is 3.22. The average molecular weight is 202 g/mol. The van der Waals surface area contributed by atoms with Crippen molar-refractivity contribution in [3.05, 3.63) is 24.7 Å². The summed E-state index contributed by atoms with van der Waals surface area (Å²) in [7, 11) is 0. The molecule has 3 rings (SSSR count). The lowest BCUT2D eigenvalue weighted by Crippen LogP contribution is -2.18. The molecule has 0 amide bonds. The second-order valence-electron chi connectivity index (χ2n) is 4.21. The van der Waals surface area contributed by atoms with Gasteiger partial charge in [-0.1, -0.05) is 0 Å². The molecule has 0 aromatic carbocycles. The molecule has 0 spiro atoms. The van der Waals surface area contributed by atoms with E-state index in [2.05, 4.69) is 22.3 Å². The minimum atomic E-state index is 0.513. The Kier molecular flexibility index (Phi) is 1.87. The van der Waals surface area contributed by atoms with Crippen molar-refractivity contribution < 1.29 is 0 Å². The number of rotatable bonds is 3. The van der Waals surface area contributed by atoms with Gasteiger partial charge < -0.3 is 5.32 Å². The Hall–Kier alpha value is -1.58. The fourth-order valence-electron chi connectivity index (χ4n) is 1.90. The Morgan fingerprint density at radius 3 is 3.13 bits per heavy atom. The van der Waals surface area contributed by atoms with E-state index in [1.54, 1.807) is 12.4 Å². The number of hydrogen-bond donors (Lipinski definition) is 1. The van der Waals surface area contributed by atoms with Gasteiger partial charge in [-0.05, 0) is 31.7 Å². The van der Waals surface area contributed by atoms with Crippen molar-refractivity contribution in [1.29, 1.82) is 0 Å². The van der Waals surface area contributed by atoms with Gasteiger partial charge in [-0.2, -0.15) is 5.10 Å². The van der Waals surface area contributed by atoms with Crippen molar-refractivity contribution >= 4 is 11.3 Å². The summed E-state index contributed by atoms with van der Waals surface area (Å²) in [6, 6.07) is 2.49. The first kappa shape index (κ1) is 8.71. The van der Waals surface area contributed by atoms with Crippen LogP contribution in [0.5, 0.6) is 0 Å². The fraction of sp³-hybridized carbons (Fsp3) is 0.455. The van der Waals surface area contributed by atoms with Crippen LogP contribution in [0.3, 0.4) is 0 Å². The average Bonchev–Trinajstić information content (AvgIpc) is 2.97. The lowest BCUT2D eigenvalue weighted by atomic mass is 10.2. The molecule has 1 unspecified atom stereocenters. The van der Waals surface area contributed by atoms with Gasteiger partial charge in [0.1, 0.15) is 5.52 Å². The first-order valence-corrected chi connectivity index (χ1v) is 5.39. The van der Waals surface area contributed by atoms with Crippen LogP contribution in [0.1, 0.15) is 19.8 Å². The molecule has 1 aliphatic rings. The van der Waals surface area contributed by atoms with Gasteiger partial charge in [0.25, 0.3) is 0 Å². The van der Waals surface area contributed by atoms with E-state index in [0.717, 1.165) is 17.3 Å². The standard InChI is InChI=1S/C11H14N4/c1-8(9-2-3-9)14-11-10-4-5-13-15(10)7-6-12-11/h4-9H,2-3H2,1H3,(H,12,14). The number of hydrogen-bond acceptors (Lipinski definition) is 3. The van der Waals surface area contributed by atoms with E-state index in [4.69, 9.17) is 0 Å². The van der Waals surface area contributed by atoms with E-state index in [-0.39, 0.29) is 0 Å². The smallest absolute Gasteiger partial charge is 0.152 e. The third kappa shape index (κ3) is 1.56. The molecule has 78 valence electrons. The SMILES string of the molecule is CC(Nc1nccn2nccc12)C1CC1. The third-order valence-corrected chi connectivity index (χ3v) is 3.02. The van der Waals surface area contributed by atoms with Crippen molar-refractivity contribution in [2.45, 2.75) is 25.8 Å². The zero-order valence-corrected chi connectivity index (χ0v) is 8.72. The van der Waals surface area contributed by atoms with Gasteiger partial charge >= 0.3 is 0 Å². The number of anilines is 1. The van der Waals surface area contributed by atoms with E-state index >= 15 is 0 Å². The highest BCUT2D eigenvalue weighted by molar-refractivity contribution is 5.67. The van der Waals surface area contributed by atoms with Crippen LogP contribution in [-0.2, 0) is 0 Å². The molecule has 1 N–H and O–H groups in total. The summed E-state index contributed by atoms with van der Waals surface area (Å²) in [6.07, 6.45) is 8.13. The molecular weight excluding hydrogens is 188 g/mol. The Labute approximate surface area is 88.3 Å². The predicted octanol–water partition coefficient (Wildman–Crippen LogP) is 1.94. The van der Waals surface area contributed by atoms with E-state index < -0.39 is 0 Å². The summed E-state index contributed by atoms with van der Waals surface area (Å²) >= 11 is 0. The topological polar surface area (TPSA) is 42.2 Å². The van der Waals surface area contributed by atoms with Crippen molar-refractivity contribution in [3.63, 3.8) is 0 Å². The first-order valence-electron chi connectivity index (χ1n) is 5.39. The fourth-order valence-corrected chi connectivity index (χ4v) is 1.90. The van der Waals surface area contributed by atoms with Crippen molar-refractivity contribution in [1.82, 2.24) is 14.6 Å². The number of nitrogens with zero attached hydrogens (tertiary/aromatic N) is 3. The van der Waals surface area contributed by atoms with Crippen LogP contribution in [0.4, 0.5) is 5.82 Å². The monoisotopic (exact) mass is 202 g/mol. The van der Waals surface area contributed by atoms with Gasteiger partial charge in [-0.3, -0.25) is 0 Å². The lowest BCUT2D eigenvalue weighted by molar-refractivity contribution is 0.690. The molecule has 2 heterocycles. The van der Waals surface area contributed by atoms with Gasteiger partial charge in [0.2, 0.25) is 0 Å². The molecule has 1 saturated carbocycles. The van der Waals surface area contributed by atoms with Crippen molar-refractivity contribution in [3.8, 4) is 0 Å². The van der Waals surface area contributed by atoms with Gasteiger partial charge in [0, 0.05) is 18.4 Å². The van der Waals surface area contributed by atoms with Gasteiger partial charge in [-0.15, -0.1) is 0 Å². The second-order valence-corrected chi connectivity index (χ2v) is 4.21. The number of fused-ring (bicyclic) bond motifs is 1. The zero-order chi connectivity index (χ0) is 10.3. The molecule has 1 aliphatic carbocycles. The van der Waals surface area contributed by atoms with E-state index in [1.165, 1.54) is 12.8 Å². The molecule has 1 fully saturated rings. The summed E-state index contributed by atoms with van der Waals surface area (Å²) in [6.45, 7) is 2.22. The summed E-state index contributed by atoms with van der Waals surface area (Å²) in [5.74, 6) is 1.77. The van der Waals surface area contributed by atoms with E-state index in [9.17, 15) is 0 Å². The van der Waals surface area contributed by atoms with Gasteiger partial charge in [-0.25, -0.2) is 9.50 Å². The molecule has 0 saturated heterocycles. The highest BCUT2D eigenvalue weighted by Gasteiger charge is 2.28. The molecule has 0 radical (unpaired) electrons. The van der Waals surface area contributed by atoms with Crippen LogP contribution in [0, 0.1) is 5.92 Å². The summed E-state index contributed by atoms with van der Waals surface area (Å²) in [4.78, 5) is 4.36. The van der Waals surface area contributed by atoms with Crippen LogP contribution in [0.15, 0.2) is 24.7 Å². The van der Waals surface area contributed by atoms with Crippen LogP contribution in [0.25, 0.3) is 5.52 Å². The highest BCUT2D eigenvalue weighted by Crippen LogP contribution is 2.34. The largest absolute Gasteiger partial charge is 0.366 e. The lowest BCUT2D eigenvalue weighted by Gasteiger charge is -2.13. The van der Waals surface area contributed by atoms with Gasteiger partial charge in [0.15, 0.2) is 5.82 Å². The van der Waals surface area contributed by atoms with E-state index in [1.807, 2.05) is 16.8 Å². The molecule has 4 nitrogen and oxygen atoms in total. The van der Waals surface area contributed by atoms with Crippen LogP contribution in [-0.4, -0.2) is 20.6 Å². The van der Waals surface area contributed by atoms with Crippen LogP contribution < -0.4 is 5.32 Å². The summed E-state index contributed by atoms with van der Waals surface area (Å²) in [5, 5.41) is 7.64. The molecule has 0 aliphatic heterocycles. The third-order valence-electron chi connectivity index (χ3n) is 3.02. The maximum absolute atomic E-state index is 4.36. The summed E-state index contributed by atoms with van der Waals surface area (Å²) < 4.78 is 1.84. The Morgan fingerprint density at radius 2 is 2.33 bits per heavy atom. The Balaban J connectivity index is 1.92. The number of aromatic nitrogens is 3. The molecule has 4 heteroatoms. The molecular formula is C11H14N4. The minimum absolute atomic E-state index is 0.513. The Morgan fingerprint density at radius 1 is 1.47 bits per heavy atom. The zero-order valence-electron chi connectivity index (χ0n) is 8.72. The number of nitrogens with one attached hydrogen (secondary N) is 1. The Bertz CT molecular complexity index is 472. The quantitative estimate of drug-likeness (QED) is 0.827. The molecule has 1 atom stereocenters. The first-order chi connectivity index (χ1) is 7.34.